The predicted octanol–water partition coefficient (Wildman–Crippen LogP) is 2.83. The third-order valence-electron chi connectivity index (χ3n) is 3.79. The molecule has 2 rings (SSSR count). The van der Waals surface area contributed by atoms with Crippen molar-refractivity contribution in [1.82, 2.24) is 4.98 Å². The van der Waals surface area contributed by atoms with Crippen LogP contribution in [0.25, 0.3) is 0 Å². The molecular formula is C14H19NO3. The fraction of sp³-hybridized carbons (Fsp3) is 0.571. The highest BCUT2D eigenvalue weighted by molar-refractivity contribution is 5.99. The zero-order chi connectivity index (χ0) is 13.1. The normalized spacial score (nSPS) is 15.9. The number of carbonyl (C=O) groups is 2. The van der Waals surface area contributed by atoms with E-state index in [4.69, 9.17) is 4.74 Å². The summed E-state index contributed by atoms with van der Waals surface area (Å²) in [7, 11) is 1.35. The van der Waals surface area contributed by atoms with E-state index in [0.29, 0.717) is 23.5 Å². The SMILES string of the molecule is CCc1c(C2CCCC2)[nH]c(C=O)c1C(=O)OC. The summed E-state index contributed by atoms with van der Waals surface area (Å²) in [5.41, 5.74) is 2.81. The van der Waals surface area contributed by atoms with Crippen molar-refractivity contribution in [3.63, 3.8) is 0 Å². The van der Waals surface area contributed by atoms with Crippen LogP contribution in [-0.4, -0.2) is 24.3 Å². The van der Waals surface area contributed by atoms with Crippen molar-refractivity contribution in [2.24, 2.45) is 0 Å². The third kappa shape index (κ3) is 2.07. The van der Waals surface area contributed by atoms with E-state index >= 15 is 0 Å². The minimum absolute atomic E-state index is 0.362. The summed E-state index contributed by atoms with van der Waals surface area (Å²) in [6, 6.07) is 0. The van der Waals surface area contributed by atoms with Gasteiger partial charge in [-0.1, -0.05) is 19.8 Å². The van der Waals surface area contributed by atoms with Gasteiger partial charge >= 0.3 is 5.97 Å². The summed E-state index contributed by atoms with van der Waals surface area (Å²) in [6.07, 6.45) is 6.15. The Labute approximate surface area is 107 Å². The topological polar surface area (TPSA) is 59.2 Å². The van der Waals surface area contributed by atoms with Crippen molar-refractivity contribution >= 4 is 12.3 Å². The Morgan fingerprint density at radius 2 is 2.11 bits per heavy atom. The van der Waals surface area contributed by atoms with Gasteiger partial charge in [0.05, 0.1) is 18.4 Å². The van der Waals surface area contributed by atoms with Gasteiger partial charge in [-0.15, -0.1) is 0 Å². The smallest absolute Gasteiger partial charge is 0.340 e. The first-order valence-corrected chi connectivity index (χ1v) is 6.51. The lowest BCUT2D eigenvalue weighted by Crippen LogP contribution is -2.07. The van der Waals surface area contributed by atoms with Crippen LogP contribution in [0, 0.1) is 0 Å². The maximum atomic E-state index is 11.8. The van der Waals surface area contributed by atoms with Gasteiger partial charge in [-0.05, 0) is 30.7 Å². The number of aromatic nitrogens is 1. The fourth-order valence-electron chi connectivity index (χ4n) is 2.93. The quantitative estimate of drug-likeness (QED) is 0.659. The third-order valence-corrected chi connectivity index (χ3v) is 3.79. The highest BCUT2D eigenvalue weighted by Crippen LogP contribution is 2.37. The lowest BCUT2D eigenvalue weighted by atomic mass is 9.96. The number of carbonyl (C=O) groups excluding carboxylic acids is 2. The lowest BCUT2D eigenvalue weighted by Gasteiger charge is -2.10. The van der Waals surface area contributed by atoms with Gasteiger partial charge in [0.25, 0.3) is 0 Å². The first-order valence-electron chi connectivity index (χ1n) is 6.51. The molecule has 0 aromatic carbocycles. The van der Waals surface area contributed by atoms with E-state index in [1.165, 1.54) is 20.0 Å². The Morgan fingerprint density at radius 3 is 2.61 bits per heavy atom. The molecule has 0 unspecified atom stereocenters. The van der Waals surface area contributed by atoms with E-state index in [1.54, 1.807) is 0 Å². The van der Waals surface area contributed by atoms with Gasteiger partial charge in [0, 0.05) is 5.69 Å². The number of hydrogen-bond donors (Lipinski definition) is 1. The number of aldehydes is 1. The maximum Gasteiger partial charge on any atom is 0.340 e. The summed E-state index contributed by atoms with van der Waals surface area (Å²) >= 11 is 0. The van der Waals surface area contributed by atoms with Crippen LogP contribution >= 0.6 is 0 Å². The molecule has 0 spiro atoms. The first kappa shape index (κ1) is 12.9. The largest absolute Gasteiger partial charge is 0.465 e. The number of hydrogen-bond acceptors (Lipinski definition) is 3. The Morgan fingerprint density at radius 1 is 1.44 bits per heavy atom. The Kier molecular flexibility index (Phi) is 3.84. The van der Waals surface area contributed by atoms with E-state index in [9.17, 15) is 9.59 Å². The average molecular weight is 249 g/mol. The van der Waals surface area contributed by atoms with Gasteiger partial charge in [0.15, 0.2) is 6.29 Å². The van der Waals surface area contributed by atoms with Crippen LogP contribution in [0.4, 0.5) is 0 Å². The van der Waals surface area contributed by atoms with Gasteiger partial charge in [0.2, 0.25) is 0 Å². The summed E-state index contributed by atoms with van der Waals surface area (Å²) < 4.78 is 4.78. The molecule has 1 aromatic heterocycles. The van der Waals surface area contributed by atoms with E-state index in [2.05, 4.69) is 4.98 Å². The van der Waals surface area contributed by atoms with Gasteiger partial charge < -0.3 is 9.72 Å². The number of nitrogens with one attached hydrogen (secondary N) is 1. The van der Waals surface area contributed by atoms with Crippen LogP contribution in [0.3, 0.4) is 0 Å². The molecule has 1 N–H and O–H groups in total. The zero-order valence-corrected chi connectivity index (χ0v) is 10.9. The fourth-order valence-corrected chi connectivity index (χ4v) is 2.93. The molecular weight excluding hydrogens is 230 g/mol. The van der Waals surface area contributed by atoms with Crippen molar-refractivity contribution in [3.8, 4) is 0 Å². The summed E-state index contributed by atoms with van der Waals surface area (Å²) in [5.74, 6) is 0.0338. The number of aromatic amines is 1. The van der Waals surface area contributed by atoms with Crippen molar-refractivity contribution in [2.75, 3.05) is 7.11 Å². The Bertz CT molecular complexity index is 456. The summed E-state index contributed by atoms with van der Waals surface area (Å²) in [6.45, 7) is 2.00. The highest BCUT2D eigenvalue weighted by atomic mass is 16.5. The van der Waals surface area contributed by atoms with Crippen molar-refractivity contribution < 1.29 is 14.3 Å². The molecule has 0 amide bonds. The predicted molar refractivity (Wildman–Crippen MR) is 68.1 cm³/mol. The van der Waals surface area contributed by atoms with Gasteiger partial charge in [-0.25, -0.2) is 4.79 Å². The molecule has 4 heteroatoms. The molecule has 1 fully saturated rings. The number of ether oxygens (including phenoxy) is 1. The minimum atomic E-state index is -0.422. The van der Waals surface area contributed by atoms with Crippen LogP contribution in [0.15, 0.2) is 0 Å². The molecule has 1 heterocycles. The van der Waals surface area contributed by atoms with Crippen molar-refractivity contribution in [1.29, 1.82) is 0 Å². The maximum absolute atomic E-state index is 11.8. The van der Waals surface area contributed by atoms with Crippen molar-refractivity contribution in [3.05, 3.63) is 22.5 Å². The molecule has 1 aromatic rings. The lowest BCUT2D eigenvalue weighted by molar-refractivity contribution is 0.0597. The second-order valence-electron chi connectivity index (χ2n) is 4.75. The van der Waals surface area contributed by atoms with Crippen LogP contribution in [0.2, 0.25) is 0 Å². The van der Waals surface area contributed by atoms with E-state index < -0.39 is 5.97 Å². The molecule has 0 bridgehead atoms. The van der Waals surface area contributed by atoms with Gasteiger partial charge in [0.1, 0.15) is 0 Å². The number of H-pyrrole nitrogens is 1. The molecule has 0 radical (unpaired) electrons. The molecule has 18 heavy (non-hydrogen) atoms. The van der Waals surface area contributed by atoms with E-state index in [0.717, 1.165) is 30.5 Å². The van der Waals surface area contributed by atoms with Crippen LogP contribution in [0.1, 0.15) is 70.6 Å². The molecule has 1 aliphatic rings. The summed E-state index contributed by atoms with van der Waals surface area (Å²) in [5, 5.41) is 0. The summed E-state index contributed by atoms with van der Waals surface area (Å²) in [4.78, 5) is 26.0. The molecule has 0 saturated heterocycles. The minimum Gasteiger partial charge on any atom is -0.465 e. The van der Waals surface area contributed by atoms with Gasteiger partial charge in [-0.3, -0.25) is 4.79 Å². The molecule has 1 saturated carbocycles. The van der Waals surface area contributed by atoms with Gasteiger partial charge in [-0.2, -0.15) is 0 Å². The molecule has 1 aliphatic carbocycles. The van der Waals surface area contributed by atoms with Crippen LogP contribution in [-0.2, 0) is 11.2 Å². The molecule has 98 valence electrons. The number of methoxy groups -OCH3 is 1. The monoisotopic (exact) mass is 249 g/mol. The highest BCUT2D eigenvalue weighted by Gasteiger charge is 2.28. The standard InChI is InChI=1S/C14H19NO3/c1-3-10-12(14(17)18-2)11(8-16)15-13(10)9-6-4-5-7-9/h8-9,15H,3-7H2,1-2H3. The molecule has 0 atom stereocenters. The second kappa shape index (κ2) is 5.38. The number of esters is 1. The van der Waals surface area contributed by atoms with E-state index in [-0.39, 0.29) is 0 Å². The van der Waals surface area contributed by atoms with Crippen molar-refractivity contribution in [2.45, 2.75) is 44.9 Å². The Hall–Kier alpha value is -1.58. The van der Waals surface area contributed by atoms with E-state index in [1.807, 2.05) is 6.92 Å². The molecule has 4 nitrogen and oxygen atoms in total. The zero-order valence-electron chi connectivity index (χ0n) is 10.9. The molecule has 0 aliphatic heterocycles. The average Bonchev–Trinajstić information content (AvgIpc) is 3.03. The van der Waals surface area contributed by atoms with Crippen LogP contribution in [0.5, 0.6) is 0 Å². The first-order chi connectivity index (χ1) is 8.72. The second-order valence-corrected chi connectivity index (χ2v) is 4.75. The Balaban J connectivity index is 2.50. The number of rotatable bonds is 4. The van der Waals surface area contributed by atoms with Crippen LogP contribution < -0.4 is 0 Å².